The van der Waals surface area contributed by atoms with E-state index >= 15 is 0 Å². The first kappa shape index (κ1) is 15.3. The van der Waals surface area contributed by atoms with Gasteiger partial charge in [-0.15, -0.1) is 0 Å². The van der Waals surface area contributed by atoms with E-state index in [2.05, 4.69) is 15.0 Å². The normalized spacial score (nSPS) is 11.0. The molecule has 21 heavy (non-hydrogen) atoms. The number of benzene rings is 1. The lowest BCUT2D eigenvalue weighted by Gasteiger charge is -2.12. The predicted molar refractivity (Wildman–Crippen MR) is 82.1 cm³/mol. The molecule has 8 heteroatoms. The molecule has 2 rings (SSSR count). The van der Waals surface area contributed by atoms with Crippen LogP contribution in [-0.4, -0.2) is 25.6 Å². The lowest BCUT2D eigenvalue weighted by Crippen LogP contribution is -2.18. The van der Waals surface area contributed by atoms with Gasteiger partial charge in [0.15, 0.2) is 0 Å². The second-order valence-corrected chi connectivity index (χ2v) is 6.38. The van der Waals surface area contributed by atoms with Crippen molar-refractivity contribution in [2.75, 3.05) is 16.3 Å². The minimum atomic E-state index is -3.52. The van der Waals surface area contributed by atoms with Crippen LogP contribution in [0.3, 0.4) is 0 Å². The van der Waals surface area contributed by atoms with Crippen LogP contribution in [-0.2, 0) is 10.0 Å². The molecule has 0 aliphatic carbocycles. The summed E-state index contributed by atoms with van der Waals surface area (Å²) in [6.07, 6.45) is 4.05. The number of nitrogens with zero attached hydrogens (tertiary/aromatic N) is 1. The van der Waals surface area contributed by atoms with Crippen LogP contribution in [0.5, 0.6) is 0 Å². The number of pyridine rings is 1. The summed E-state index contributed by atoms with van der Waals surface area (Å²) in [4.78, 5) is 16.1. The number of amides is 1. The molecule has 1 heterocycles. The molecule has 0 radical (unpaired) electrons. The van der Waals surface area contributed by atoms with Crippen LogP contribution in [0.15, 0.2) is 42.7 Å². The number of nitrogens with one attached hydrogen (secondary N) is 2. The third kappa shape index (κ3) is 4.17. The van der Waals surface area contributed by atoms with Crippen molar-refractivity contribution in [3.8, 4) is 0 Å². The topological polar surface area (TPSA) is 88.2 Å². The van der Waals surface area contributed by atoms with Crippen LogP contribution < -0.4 is 10.0 Å². The van der Waals surface area contributed by atoms with Crippen molar-refractivity contribution in [3.63, 3.8) is 0 Å². The lowest BCUT2D eigenvalue weighted by atomic mass is 10.1. The van der Waals surface area contributed by atoms with E-state index < -0.39 is 15.9 Å². The maximum Gasteiger partial charge on any atom is 0.259 e. The number of anilines is 2. The van der Waals surface area contributed by atoms with Crippen molar-refractivity contribution in [2.24, 2.45) is 0 Å². The molecule has 2 aromatic rings. The smallest absolute Gasteiger partial charge is 0.259 e. The van der Waals surface area contributed by atoms with E-state index in [1.54, 1.807) is 18.2 Å². The van der Waals surface area contributed by atoms with Crippen molar-refractivity contribution < 1.29 is 13.2 Å². The summed E-state index contributed by atoms with van der Waals surface area (Å²) in [7, 11) is -3.52. The predicted octanol–water partition coefficient (Wildman–Crippen LogP) is 2.36. The zero-order valence-electron chi connectivity index (χ0n) is 11.0. The van der Waals surface area contributed by atoms with Crippen LogP contribution >= 0.6 is 11.6 Å². The van der Waals surface area contributed by atoms with E-state index in [9.17, 15) is 13.2 Å². The lowest BCUT2D eigenvalue weighted by molar-refractivity contribution is 0.102. The summed E-state index contributed by atoms with van der Waals surface area (Å²) in [6.45, 7) is 0. The van der Waals surface area contributed by atoms with Gasteiger partial charge in [-0.1, -0.05) is 17.7 Å². The fourth-order valence-corrected chi connectivity index (χ4v) is 2.50. The van der Waals surface area contributed by atoms with Gasteiger partial charge in [0.05, 0.1) is 22.5 Å². The van der Waals surface area contributed by atoms with Gasteiger partial charge in [-0.3, -0.25) is 14.5 Å². The Balaban J connectivity index is 2.36. The minimum absolute atomic E-state index is 0.0569. The van der Waals surface area contributed by atoms with Crippen LogP contribution in [0.2, 0.25) is 5.02 Å². The zero-order valence-corrected chi connectivity index (χ0v) is 12.6. The fourth-order valence-electron chi connectivity index (χ4n) is 1.67. The zero-order chi connectivity index (χ0) is 15.5. The van der Waals surface area contributed by atoms with E-state index in [1.807, 2.05) is 0 Å². The van der Waals surface area contributed by atoms with Gasteiger partial charge in [0.1, 0.15) is 0 Å². The highest BCUT2D eigenvalue weighted by Crippen LogP contribution is 2.26. The standard InChI is InChI=1S/C13H12ClN3O3S/c1-21(19,20)17-11-4-2-3-10(14)12(11)13(18)16-9-5-7-15-8-6-9/h2-8,17H,1H3,(H,15,16,18). The third-order valence-electron chi connectivity index (χ3n) is 2.47. The quantitative estimate of drug-likeness (QED) is 0.903. The summed E-state index contributed by atoms with van der Waals surface area (Å²) in [5, 5.41) is 2.78. The second-order valence-electron chi connectivity index (χ2n) is 4.23. The molecule has 0 spiro atoms. The van der Waals surface area contributed by atoms with Crippen molar-refractivity contribution in [3.05, 3.63) is 53.3 Å². The maximum atomic E-state index is 12.3. The van der Waals surface area contributed by atoms with E-state index in [4.69, 9.17) is 11.6 Å². The largest absolute Gasteiger partial charge is 0.322 e. The maximum absolute atomic E-state index is 12.3. The Morgan fingerprint density at radius 2 is 1.86 bits per heavy atom. The molecular weight excluding hydrogens is 314 g/mol. The molecule has 0 aliphatic heterocycles. The first-order valence-corrected chi connectivity index (χ1v) is 8.11. The molecule has 0 atom stereocenters. The Bertz CT molecular complexity index is 763. The Kier molecular flexibility index (Phi) is 4.44. The SMILES string of the molecule is CS(=O)(=O)Nc1cccc(Cl)c1C(=O)Nc1ccncc1. The number of hydrogen-bond donors (Lipinski definition) is 2. The Labute approximate surface area is 127 Å². The molecular formula is C13H12ClN3O3S. The number of halogens is 1. The molecule has 6 nitrogen and oxygen atoms in total. The average Bonchev–Trinajstić information content (AvgIpc) is 2.37. The minimum Gasteiger partial charge on any atom is -0.322 e. The molecule has 0 bridgehead atoms. The monoisotopic (exact) mass is 325 g/mol. The highest BCUT2D eigenvalue weighted by molar-refractivity contribution is 7.92. The molecule has 0 fully saturated rings. The van der Waals surface area contributed by atoms with Crippen molar-refractivity contribution in [1.29, 1.82) is 0 Å². The molecule has 110 valence electrons. The van der Waals surface area contributed by atoms with Gasteiger partial charge in [-0.05, 0) is 24.3 Å². The van der Waals surface area contributed by atoms with Gasteiger partial charge in [-0.25, -0.2) is 8.42 Å². The van der Waals surface area contributed by atoms with Crippen molar-refractivity contribution in [2.45, 2.75) is 0 Å². The average molecular weight is 326 g/mol. The third-order valence-corrected chi connectivity index (χ3v) is 3.38. The van der Waals surface area contributed by atoms with E-state index in [-0.39, 0.29) is 16.3 Å². The number of carbonyl (C=O) groups excluding carboxylic acids is 1. The Morgan fingerprint density at radius 3 is 2.48 bits per heavy atom. The highest BCUT2D eigenvalue weighted by atomic mass is 35.5. The van der Waals surface area contributed by atoms with Crippen molar-refractivity contribution >= 4 is 38.9 Å². The molecule has 0 unspecified atom stereocenters. The summed E-state index contributed by atoms with van der Waals surface area (Å²) < 4.78 is 25.0. The van der Waals surface area contributed by atoms with E-state index in [0.717, 1.165) is 6.26 Å². The fraction of sp³-hybridized carbons (Fsp3) is 0.0769. The first-order valence-electron chi connectivity index (χ1n) is 5.84. The number of sulfonamides is 1. The van der Waals surface area contributed by atoms with Crippen molar-refractivity contribution in [1.82, 2.24) is 4.98 Å². The number of carbonyl (C=O) groups is 1. The first-order chi connectivity index (χ1) is 9.87. The Morgan fingerprint density at radius 1 is 1.19 bits per heavy atom. The molecule has 0 saturated heterocycles. The summed E-state index contributed by atoms with van der Waals surface area (Å²) in [5.41, 5.74) is 0.707. The van der Waals surface area contributed by atoms with Gasteiger partial charge in [-0.2, -0.15) is 0 Å². The molecule has 2 N–H and O–H groups in total. The van der Waals surface area contributed by atoms with Crippen LogP contribution in [0, 0.1) is 0 Å². The van der Waals surface area contributed by atoms with Gasteiger partial charge in [0, 0.05) is 18.1 Å². The highest BCUT2D eigenvalue weighted by Gasteiger charge is 2.17. The van der Waals surface area contributed by atoms with Gasteiger partial charge >= 0.3 is 0 Å². The van der Waals surface area contributed by atoms with Crippen LogP contribution in [0.25, 0.3) is 0 Å². The van der Waals surface area contributed by atoms with Gasteiger partial charge < -0.3 is 5.32 Å². The molecule has 0 saturated carbocycles. The summed E-state index contributed by atoms with van der Waals surface area (Å²) >= 11 is 6.01. The molecule has 0 aliphatic rings. The second kappa shape index (κ2) is 6.11. The van der Waals surface area contributed by atoms with Gasteiger partial charge in [0.2, 0.25) is 10.0 Å². The number of aromatic nitrogens is 1. The van der Waals surface area contributed by atoms with E-state index in [0.29, 0.717) is 5.69 Å². The molecule has 1 amide bonds. The van der Waals surface area contributed by atoms with Crippen LogP contribution in [0.1, 0.15) is 10.4 Å². The van der Waals surface area contributed by atoms with E-state index in [1.165, 1.54) is 24.5 Å². The number of rotatable bonds is 4. The molecule has 1 aromatic heterocycles. The number of hydrogen-bond acceptors (Lipinski definition) is 4. The molecule has 1 aromatic carbocycles. The van der Waals surface area contributed by atoms with Crippen LogP contribution in [0.4, 0.5) is 11.4 Å². The Hall–Kier alpha value is -2.12. The summed E-state index contributed by atoms with van der Waals surface area (Å²) in [5.74, 6) is -0.516. The van der Waals surface area contributed by atoms with Gasteiger partial charge in [0.25, 0.3) is 5.91 Å². The summed E-state index contributed by atoms with van der Waals surface area (Å²) in [6, 6.07) is 7.75.